The maximum atomic E-state index is 12.8. The number of halogens is 2. The molecular weight excluding hydrogens is 458 g/mol. The number of aromatic amines is 1. The summed E-state index contributed by atoms with van der Waals surface area (Å²) in [5.74, 6) is 1.82. The number of hydrogen-bond acceptors (Lipinski definition) is 5. The van der Waals surface area contributed by atoms with Gasteiger partial charge in [0.1, 0.15) is 11.6 Å². The van der Waals surface area contributed by atoms with Gasteiger partial charge in [0.2, 0.25) is 5.78 Å². The lowest BCUT2D eigenvalue weighted by atomic mass is 9.99. The van der Waals surface area contributed by atoms with Crippen molar-refractivity contribution < 1.29 is 4.74 Å². The van der Waals surface area contributed by atoms with Gasteiger partial charge in [0.25, 0.3) is 5.56 Å². The van der Waals surface area contributed by atoms with E-state index in [1.54, 1.807) is 0 Å². The molecule has 0 spiro atoms. The number of fused-ring (bicyclic) bond motifs is 2. The average Bonchev–Trinajstić information content (AvgIpc) is 3.17. The summed E-state index contributed by atoms with van der Waals surface area (Å²) >= 11 is 9.96. The maximum absolute atomic E-state index is 12.8. The van der Waals surface area contributed by atoms with Crippen molar-refractivity contribution in [2.75, 3.05) is 18.1 Å². The van der Waals surface area contributed by atoms with Gasteiger partial charge in [0.05, 0.1) is 28.9 Å². The molecule has 5 rings (SSSR count). The molecule has 2 aromatic heterocycles. The van der Waals surface area contributed by atoms with Crippen LogP contribution in [0.5, 0.6) is 5.75 Å². The third kappa shape index (κ3) is 3.34. The Morgan fingerprint density at radius 3 is 3.03 bits per heavy atom. The molecule has 1 aromatic carbocycles. The zero-order chi connectivity index (χ0) is 20.0. The van der Waals surface area contributed by atoms with E-state index in [-0.39, 0.29) is 10.6 Å². The summed E-state index contributed by atoms with van der Waals surface area (Å²) in [6.45, 7) is 1.70. The summed E-state index contributed by atoms with van der Waals surface area (Å²) in [5.41, 5.74) is 2.32. The molecule has 1 N–H and O–H groups in total. The van der Waals surface area contributed by atoms with Gasteiger partial charge < -0.3 is 14.6 Å². The van der Waals surface area contributed by atoms with Gasteiger partial charge in [-0.1, -0.05) is 23.7 Å². The van der Waals surface area contributed by atoms with Crippen LogP contribution in [0.25, 0.3) is 11.4 Å². The van der Waals surface area contributed by atoms with Gasteiger partial charge in [-0.25, -0.2) is 0 Å². The van der Waals surface area contributed by atoms with E-state index in [4.69, 9.17) is 16.3 Å². The number of allylic oxidation sites excluding steroid dienone is 2. The van der Waals surface area contributed by atoms with Crippen molar-refractivity contribution in [1.29, 1.82) is 0 Å². The van der Waals surface area contributed by atoms with Crippen LogP contribution in [-0.4, -0.2) is 32.7 Å². The summed E-state index contributed by atoms with van der Waals surface area (Å²) in [7, 11) is 0. The van der Waals surface area contributed by atoms with Crippen molar-refractivity contribution in [3.05, 3.63) is 55.6 Å². The minimum absolute atomic E-state index is 0.134. The molecule has 9 heteroatoms. The number of rotatable bonds is 3. The molecular formula is C20H19BrClN5O2. The topological polar surface area (TPSA) is 75.5 Å². The maximum Gasteiger partial charge on any atom is 0.294 e. The fourth-order valence-corrected chi connectivity index (χ4v) is 4.51. The quantitative estimate of drug-likeness (QED) is 0.613. The van der Waals surface area contributed by atoms with Crippen LogP contribution in [-0.2, 0) is 6.54 Å². The summed E-state index contributed by atoms with van der Waals surface area (Å²) in [6.07, 6.45) is 6.42. The van der Waals surface area contributed by atoms with Gasteiger partial charge in [-0.05, 0) is 59.3 Å². The van der Waals surface area contributed by atoms with Crippen molar-refractivity contribution in [2.45, 2.75) is 32.2 Å². The van der Waals surface area contributed by atoms with Gasteiger partial charge in [-0.15, -0.1) is 5.10 Å². The Morgan fingerprint density at radius 1 is 1.31 bits per heavy atom. The van der Waals surface area contributed by atoms with Crippen LogP contribution >= 0.6 is 27.5 Å². The minimum atomic E-state index is -0.353. The van der Waals surface area contributed by atoms with Gasteiger partial charge in [0, 0.05) is 0 Å². The molecule has 1 aliphatic heterocycles. The molecule has 3 aromatic rings. The number of nitrogens with zero attached hydrogens (tertiary/aromatic N) is 4. The highest BCUT2D eigenvalue weighted by Crippen LogP contribution is 2.38. The minimum Gasteiger partial charge on any atom is -0.488 e. The molecule has 3 heterocycles. The van der Waals surface area contributed by atoms with Gasteiger partial charge in [0.15, 0.2) is 11.6 Å². The van der Waals surface area contributed by atoms with Crippen molar-refractivity contribution >= 4 is 44.6 Å². The van der Waals surface area contributed by atoms with Crippen molar-refractivity contribution in [2.24, 2.45) is 0 Å². The Bertz CT molecular complexity index is 1190. The number of para-hydroxylation sites is 1. The van der Waals surface area contributed by atoms with Crippen LogP contribution in [0.3, 0.4) is 0 Å². The number of hydrogen-bond donors (Lipinski definition) is 1. The van der Waals surface area contributed by atoms with E-state index in [0.29, 0.717) is 37.0 Å². The summed E-state index contributed by atoms with van der Waals surface area (Å²) in [4.78, 5) is 22.8. The second-order valence-electron chi connectivity index (χ2n) is 7.23. The third-order valence-electron chi connectivity index (χ3n) is 5.34. The first-order valence-electron chi connectivity index (χ1n) is 9.65. The molecule has 0 fully saturated rings. The molecule has 0 bridgehead atoms. The summed E-state index contributed by atoms with van der Waals surface area (Å²) in [6, 6.07) is 5.90. The molecule has 0 unspecified atom stereocenters. The number of benzene rings is 1. The first-order valence-corrected chi connectivity index (χ1v) is 10.8. The standard InChI is InChI=1S/C20H19BrClN5O2/c21-13-7-4-8-15-17(13)29-10-9-26(15)11-14-16(22)19(28)27-20(23-14)24-18(25-27)12-5-2-1-3-6-12/h4-5,7-8H,1-3,6,9-11H2,(H,23,24,25). The fourth-order valence-electron chi connectivity index (χ4n) is 3.86. The Labute approximate surface area is 180 Å². The van der Waals surface area contributed by atoms with E-state index in [9.17, 15) is 4.79 Å². The number of aromatic nitrogens is 4. The number of anilines is 1. The van der Waals surface area contributed by atoms with Crippen LogP contribution in [0.4, 0.5) is 5.69 Å². The zero-order valence-corrected chi connectivity index (χ0v) is 18.0. The summed E-state index contributed by atoms with van der Waals surface area (Å²) in [5, 5.41) is 4.54. The number of H-pyrrole nitrogens is 1. The largest absolute Gasteiger partial charge is 0.488 e. The zero-order valence-electron chi connectivity index (χ0n) is 15.6. The molecule has 150 valence electrons. The molecule has 0 amide bonds. The van der Waals surface area contributed by atoms with Crippen LogP contribution in [0.15, 0.2) is 33.5 Å². The van der Waals surface area contributed by atoms with Crippen molar-refractivity contribution in [1.82, 2.24) is 19.6 Å². The lowest BCUT2D eigenvalue weighted by Crippen LogP contribution is -2.33. The third-order valence-corrected chi connectivity index (χ3v) is 6.35. The highest BCUT2D eigenvalue weighted by atomic mass is 79.9. The summed E-state index contributed by atoms with van der Waals surface area (Å²) < 4.78 is 7.96. The van der Waals surface area contributed by atoms with E-state index >= 15 is 0 Å². The number of nitrogens with one attached hydrogen (secondary N) is 1. The van der Waals surface area contributed by atoms with E-state index < -0.39 is 0 Å². The smallest absolute Gasteiger partial charge is 0.294 e. The SMILES string of the molecule is O=c1c(Cl)c(CN2CCOc3c(Br)cccc32)[nH]c2nc(C3=CCCCC3)nn12. The predicted molar refractivity (Wildman–Crippen MR) is 116 cm³/mol. The molecule has 2 aliphatic rings. The molecule has 7 nitrogen and oxygen atoms in total. The normalized spacial score (nSPS) is 16.5. The molecule has 29 heavy (non-hydrogen) atoms. The molecule has 0 saturated heterocycles. The fraction of sp³-hybridized carbons (Fsp3) is 0.350. The van der Waals surface area contributed by atoms with Crippen LogP contribution in [0.1, 0.15) is 37.2 Å². The van der Waals surface area contributed by atoms with E-state index in [0.717, 1.165) is 40.7 Å². The van der Waals surface area contributed by atoms with Crippen LogP contribution in [0.2, 0.25) is 5.02 Å². The van der Waals surface area contributed by atoms with Gasteiger partial charge in [-0.2, -0.15) is 9.50 Å². The Kier molecular flexibility index (Phi) is 4.83. The van der Waals surface area contributed by atoms with Crippen molar-refractivity contribution in [3.8, 4) is 5.75 Å². The van der Waals surface area contributed by atoms with Crippen LogP contribution < -0.4 is 15.2 Å². The Balaban J connectivity index is 1.53. The van der Waals surface area contributed by atoms with Crippen molar-refractivity contribution in [3.63, 3.8) is 0 Å². The molecule has 0 atom stereocenters. The Hall–Kier alpha value is -2.32. The van der Waals surface area contributed by atoms with Crippen LogP contribution in [0, 0.1) is 0 Å². The highest BCUT2D eigenvalue weighted by molar-refractivity contribution is 9.10. The lowest BCUT2D eigenvalue weighted by Gasteiger charge is -2.31. The number of ether oxygens (including phenoxy) is 1. The monoisotopic (exact) mass is 475 g/mol. The second-order valence-corrected chi connectivity index (χ2v) is 8.46. The first kappa shape index (κ1) is 18.7. The van der Waals surface area contributed by atoms with E-state index in [1.165, 1.54) is 10.9 Å². The molecule has 1 aliphatic carbocycles. The molecule has 0 radical (unpaired) electrons. The lowest BCUT2D eigenvalue weighted by molar-refractivity contribution is 0.304. The van der Waals surface area contributed by atoms with Gasteiger partial charge >= 0.3 is 0 Å². The van der Waals surface area contributed by atoms with Gasteiger partial charge in [-0.3, -0.25) is 4.79 Å². The Morgan fingerprint density at radius 2 is 2.21 bits per heavy atom. The second kappa shape index (κ2) is 7.50. The van der Waals surface area contributed by atoms with E-state index in [2.05, 4.69) is 42.0 Å². The average molecular weight is 477 g/mol. The highest BCUT2D eigenvalue weighted by Gasteiger charge is 2.23. The molecule has 0 saturated carbocycles. The van der Waals surface area contributed by atoms with E-state index in [1.807, 2.05) is 18.2 Å². The predicted octanol–water partition coefficient (Wildman–Crippen LogP) is 4.19. The first-order chi connectivity index (χ1) is 14.1.